The molecule has 7 heteroatoms. The van der Waals surface area contributed by atoms with Gasteiger partial charge in [-0.1, -0.05) is 41.9 Å². The van der Waals surface area contributed by atoms with Crippen LogP contribution in [0.15, 0.2) is 42.5 Å². The van der Waals surface area contributed by atoms with Crippen LogP contribution in [-0.4, -0.2) is 27.1 Å². The molecule has 0 aliphatic heterocycles. The zero-order valence-electron chi connectivity index (χ0n) is 15.4. The smallest absolute Gasteiger partial charge is 0.241 e. The van der Waals surface area contributed by atoms with Crippen molar-refractivity contribution in [1.82, 2.24) is 5.32 Å². The number of nitrogens with one attached hydrogen (secondary N) is 1. The molecule has 1 aliphatic carbocycles. The van der Waals surface area contributed by atoms with Gasteiger partial charge in [-0.05, 0) is 55.0 Å². The lowest BCUT2D eigenvalue weighted by molar-refractivity contribution is -0.120. The van der Waals surface area contributed by atoms with Crippen LogP contribution in [0.4, 0.5) is 5.69 Å². The lowest BCUT2D eigenvalue weighted by atomic mass is 9.88. The molecule has 0 aromatic heterocycles. The fourth-order valence-corrected chi connectivity index (χ4v) is 4.58. The average molecular weight is 407 g/mol. The number of anilines is 1. The first-order valence-corrected chi connectivity index (χ1v) is 11.1. The van der Waals surface area contributed by atoms with Crippen LogP contribution in [0.25, 0.3) is 0 Å². The summed E-state index contributed by atoms with van der Waals surface area (Å²) in [6.45, 7) is 1.51. The highest BCUT2D eigenvalue weighted by Gasteiger charge is 2.26. The number of fused-ring (bicyclic) bond motifs is 1. The minimum atomic E-state index is -3.64. The van der Waals surface area contributed by atoms with Crippen LogP contribution in [0.1, 0.15) is 35.6 Å². The lowest BCUT2D eigenvalue weighted by Crippen LogP contribution is -2.42. The SMILES string of the molecule is Cc1ccc(Cl)cc1N(CC(=O)N[C@H]1CCCc2ccccc21)S(C)(=O)=O. The van der Waals surface area contributed by atoms with Crippen molar-refractivity contribution in [3.05, 3.63) is 64.2 Å². The van der Waals surface area contributed by atoms with Gasteiger partial charge in [-0.25, -0.2) is 8.42 Å². The highest BCUT2D eigenvalue weighted by atomic mass is 35.5. The van der Waals surface area contributed by atoms with Crippen LogP contribution in [0, 0.1) is 6.92 Å². The second kappa shape index (κ2) is 7.90. The molecule has 0 saturated heterocycles. The van der Waals surface area contributed by atoms with E-state index >= 15 is 0 Å². The molecule has 0 heterocycles. The van der Waals surface area contributed by atoms with Crippen LogP contribution in [0.3, 0.4) is 0 Å². The standard InChI is InChI=1S/C20H23ClN2O3S/c1-14-10-11-16(21)12-19(14)23(27(2,25)26)13-20(24)22-18-9-5-7-15-6-3-4-8-17(15)18/h3-4,6,8,10-12,18H,5,7,9,13H2,1-2H3,(H,22,24)/t18-/m0/s1. The van der Waals surface area contributed by atoms with Crippen LogP contribution in [0.5, 0.6) is 0 Å². The maximum Gasteiger partial charge on any atom is 0.241 e. The summed E-state index contributed by atoms with van der Waals surface area (Å²) in [5.74, 6) is -0.332. The first kappa shape index (κ1) is 19.7. The topological polar surface area (TPSA) is 66.5 Å². The molecule has 1 N–H and O–H groups in total. The summed E-state index contributed by atoms with van der Waals surface area (Å²) in [6.07, 6.45) is 3.93. The van der Waals surface area contributed by atoms with Crippen molar-refractivity contribution >= 4 is 33.2 Å². The summed E-state index contributed by atoms with van der Waals surface area (Å²) in [5, 5.41) is 3.43. The zero-order chi connectivity index (χ0) is 19.6. The zero-order valence-corrected chi connectivity index (χ0v) is 17.0. The fraction of sp³-hybridized carbons (Fsp3) is 0.350. The molecule has 5 nitrogen and oxygen atoms in total. The minimum absolute atomic E-state index is 0.0932. The van der Waals surface area contributed by atoms with Gasteiger partial charge in [0, 0.05) is 5.02 Å². The van der Waals surface area contributed by atoms with Crippen LogP contribution in [-0.2, 0) is 21.2 Å². The second-order valence-corrected chi connectivity index (χ2v) is 9.25. The quantitative estimate of drug-likeness (QED) is 0.824. The first-order valence-electron chi connectivity index (χ1n) is 8.87. The molecule has 0 radical (unpaired) electrons. The van der Waals surface area contributed by atoms with E-state index in [1.165, 1.54) is 5.56 Å². The van der Waals surface area contributed by atoms with Gasteiger partial charge in [0.25, 0.3) is 0 Å². The Kier molecular flexibility index (Phi) is 5.77. The largest absolute Gasteiger partial charge is 0.348 e. The van der Waals surface area contributed by atoms with Crippen molar-refractivity contribution in [1.29, 1.82) is 0 Å². The Balaban J connectivity index is 1.81. The third-order valence-electron chi connectivity index (χ3n) is 4.83. The van der Waals surface area contributed by atoms with Gasteiger partial charge < -0.3 is 5.32 Å². The Hall–Kier alpha value is -2.05. The van der Waals surface area contributed by atoms with Gasteiger partial charge in [0.15, 0.2) is 0 Å². The second-order valence-electron chi connectivity index (χ2n) is 6.91. The van der Waals surface area contributed by atoms with Crippen LogP contribution >= 0.6 is 11.6 Å². The van der Waals surface area contributed by atoms with Crippen molar-refractivity contribution in [3.8, 4) is 0 Å². The number of aryl methyl sites for hydroxylation is 2. The summed E-state index contributed by atoms with van der Waals surface area (Å²) < 4.78 is 25.8. The van der Waals surface area contributed by atoms with E-state index in [0.717, 1.165) is 41.0 Å². The van der Waals surface area contributed by atoms with Gasteiger partial charge in [0.1, 0.15) is 6.54 Å². The molecule has 1 atom stereocenters. The van der Waals surface area contributed by atoms with Gasteiger partial charge in [-0.3, -0.25) is 9.10 Å². The molecule has 144 valence electrons. The molecule has 1 aliphatic rings. The van der Waals surface area contributed by atoms with E-state index in [1.807, 2.05) is 18.2 Å². The molecule has 1 amide bonds. The van der Waals surface area contributed by atoms with Crippen LogP contribution in [0.2, 0.25) is 5.02 Å². The van der Waals surface area contributed by atoms with E-state index in [1.54, 1.807) is 25.1 Å². The number of sulfonamides is 1. The van der Waals surface area contributed by atoms with E-state index < -0.39 is 10.0 Å². The van der Waals surface area contributed by atoms with Crippen molar-refractivity contribution < 1.29 is 13.2 Å². The molecular formula is C20H23ClN2O3S. The van der Waals surface area contributed by atoms with Crippen molar-refractivity contribution in [2.75, 3.05) is 17.1 Å². The Morgan fingerprint density at radius 3 is 2.74 bits per heavy atom. The Labute approximate surface area is 165 Å². The summed E-state index contributed by atoms with van der Waals surface area (Å²) in [4.78, 5) is 12.7. The van der Waals surface area contributed by atoms with Gasteiger partial charge >= 0.3 is 0 Å². The normalized spacial score (nSPS) is 16.5. The highest BCUT2D eigenvalue weighted by Crippen LogP contribution is 2.30. The lowest BCUT2D eigenvalue weighted by Gasteiger charge is -2.28. The van der Waals surface area contributed by atoms with E-state index in [2.05, 4.69) is 11.4 Å². The van der Waals surface area contributed by atoms with E-state index in [0.29, 0.717) is 10.7 Å². The number of hydrogen-bond donors (Lipinski definition) is 1. The third-order valence-corrected chi connectivity index (χ3v) is 6.19. The average Bonchev–Trinajstić information content (AvgIpc) is 2.61. The molecule has 3 rings (SSSR count). The molecule has 0 saturated carbocycles. The Bertz CT molecular complexity index is 959. The predicted molar refractivity (Wildman–Crippen MR) is 109 cm³/mol. The number of nitrogens with zero attached hydrogens (tertiary/aromatic N) is 1. The van der Waals surface area contributed by atoms with Gasteiger partial charge in [0.2, 0.25) is 15.9 Å². The number of benzene rings is 2. The number of hydrogen-bond acceptors (Lipinski definition) is 3. The summed E-state index contributed by atoms with van der Waals surface area (Å²) in [7, 11) is -3.64. The molecule has 0 bridgehead atoms. The highest BCUT2D eigenvalue weighted by molar-refractivity contribution is 7.92. The predicted octanol–water partition coefficient (Wildman–Crippen LogP) is 3.61. The number of halogens is 1. The van der Waals surface area contributed by atoms with Gasteiger partial charge in [-0.15, -0.1) is 0 Å². The fourth-order valence-electron chi connectivity index (χ4n) is 3.51. The van der Waals surface area contributed by atoms with Gasteiger partial charge in [-0.2, -0.15) is 0 Å². The van der Waals surface area contributed by atoms with Gasteiger partial charge in [0.05, 0.1) is 18.0 Å². The molecular weight excluding hydrogens is 384 g/mol. The number of amides is 1. The van der Waals surface area contributed by atoms with Crippen LogP contribution < -0.4 is 9.62 Å². The van der Waals surface area contributed by atoms with E-state index in [-0.39, 0.29) is 18.5 Å². The summed E-state index contributed by atoms with van der Waals surface area (Å²) in [6, 6.07) is 13.0. The number of rotatable bonds is 5. The summed E-state index contributed by atoms with van der Waals surface area (Å²) in [5.41, 5.74) is 3.51. The maximum atomic E-state index is 12.7. The molecule has 0 spiro atoms. The first-order chi connectivity index (χ1) is 12.8. The Morgan fingerprint density at radius 1 is 1.26 bits per heavy atom. The minimum Gasteiger partial charge on any atom is -0.348 e. The van der Waals surface area contributed by atoms with E-state index in [9.17, 15) is 13.2 Å². The molecule has 2 aromatic carbocycles. The Morgan fingerprint density at radius 2 is 2.00 bits per heavy atom. The number of carbonyl (C=O) groups is 1. The molecule has 0 unspecified atom stereocenters. The third kappa shape index (κ3) is 4.62. The summed E-state index contributed by atoms with van der Waals surface area (Å²) >= 11 is 6.04. The maximum absolute atomic E-state index is 12.7. The number of carbonyl (C=O) groups excluding carboxylic acids is 1. The molecule has 27 heavy (non-hydrogen) atoms. The van der Waals surface area contributed by atoms with E-state index in [4.69, 9.17) is 11.6 Å². The van der Waals surface area contributed by atoms with Crippen molar-refractivity contribution in [3.63, 3.8) is 0 Å². The molecule has 0 fully saturated rings. The monoisotopic (exact) mass is 406 g/mol. The van der Waals surface area contributed by atoms with Crippen molar-refractivity contribution in [2.45, 2.75) is 32.2 Å². The molecule has 2 aromatic rings. The van der Waals surface area contributed by atoms with Crippen molar-refractivity contribution in [2.24, 2.45) is 0 Å².